The van der Waals surface area contributed by atoms with Gasteiger partial charge in [0.05, 0.1) is 11.1 Å². The Balaban J connectivity index is 3.63. The monoisotopic (exact) mass is 296 g/mol. The SMILES string of the molecule is Cc1c(C(=O)O)ccc(C(Cl)(Cl)Cl)c1C(=O)O. The predicted molar refractivity (Wildman–Crippen MR) is 64.3 cm³/mol. The molecule has 0 radical (unpaired) electrons. The van der Waals surface area contributed by atoms with Crippen LogP contribution in [0.15, 0.2) is 12.1 Å². The Morgan fingerprint density at radius 1 is 1.12 bits per heavy atom. The maximum atomic E-state index is 11.1. The highest BCUT2D eigenvalue weighted by Gasteiger charge is 2.31. The molecule has 0 heterocycles. The zero-order valence-electron chi connectivity index (χ0n) is 8.50. The molecule has 4 nitrogen and oxygen atoms in total. The number of carboxylic acids is 2. The standard InChI is InChI=1S/C10H7Cl3O4/c1-4-5(8(14)15)2-3-6(10(11,12)13)7(4)9(16)17/h2-3H,1H3,(H,14,15)(H,16,17). The molecule has 1 aromatic rings. The van der Waals surface area contributed by atoms with Crippen molar-refractivity contribution < 1.29 is 19.8 Å². The third kappa shape index (κ3) is 2.83. The van der Waals surface area contributed by atoms with E-state index in [0.29, 0.717) is 0 Å². The minimum Gasteiger partial charge on any atom is -0.478 e. The van der Waals surface area contributed by atoms with Gasteiger partial charge in [0, 0.05) is 5.56 Å². The third-order valence-corrected chi connectivity index (χ3v) is 2.83. The van der Waals surface area contributed by atoms with E-state index in [1.54, 1.807) is 0 Å². The molecule has 0 fully saturated rings. The summed E-state index contributed by atoms with van der Waals surface area (Å²) >= 11 is 16.9. The molecule has 0 unspecified atom stereocenters. The maximum absolute atomic E-state index is 11.1. The van der Waals surface area contributed by atoms with Crippen molar-refractivity contribution in [1.29, 1.82) is 0 Å². The van der Waals surface area contributed by atoms with Crippen LogP contribution in [0.4, 0.5) is 0 Å². The van der Waals surface area contributed by atoms with E-state index in [2.05, 4.69) is 0 Å². The largest absolute Gasteiger partial charge is 0.478 e. The second-order valence-electron chi connectivity index (χ2n) is 3.27. The molecule has 0 aliphatic rings. The van der Waals surface area contributed by atoms with Gasteiger partial charge in [-0.1, -0.05) is 40.9 Å². The Labute approximate surface area is 112 Å². The summed E-state index contributed by atoms with van der Waals surface area (Å²) in [5.41, 5.74) is -0.448. The zero-order valence-corrected chi connectivity index (χ0v) is 10.8. The van der Waals surface area contributed by atoms with Crippen LogP contribution in [0, 0.1) is 6.92 Å². The number of hydrogen-bond donors (Lipinski definition) is 2. The summed E-state index contributed by atoms with van der Waals surface area (Å²) in [7, 11) is 0. The van der Waals surface area contributed by atoms with Crippen LogP contribution < -0.4 is 0 Å². The molecule has 1 aromatic carbocycles. The Morgan fingerprint density at radius 3 is 2.00 bits per heavy atom. The second-order valence-corrected chi connectivity index (χ2v) is 5.55. The van der Waals surface area contributed by atoms with Gasteiger partial charge in [0.25, 0.3) is 0 Å². The van der Waals surface area contributed by atoms with E-state index in [4.69, 9.17) is 45.0 Å². The predicted octanol–water partition coefficient (Wildman–Crippen LogP) is 3.22. The molecular formula is C10H7Cl3O4. The van der Waals surface area contributed by atoms with E-state index in [-0.39, 0.29) is 22.3 Å². The molecule has 0 aliphatic heterocycles. The smallest absolute Gasteiger partial charge is 0.336 e. The van der Waals surface area contributed by atoms with Gasteiger partial charge in [-0.25, -0.2) is 9.59 Å². The van der Waals surface area contributed by atoms with Crippen LogP contribution in [0.2, 0.25) is 0 Å². The number of halogens is 3. The van der Waals surface area contributed by atoms with E-state index in [9.17, 15) is 9.59 Å². The van der Waals surface area contributed by atoms with Gasteiger partial charge in [-0.15, -0.1) is 0 Å². The molecule has 0 aromatic heterocycles. The van der Waals surface area contributed by atoms with Crippen molar-refractivity contribution in [2.24, 2.45) is 0 Å². The molecule has 0 bridgehead atoms. The molecule has 7 heteroatoms. The van der Waals surface area contributed by atoms with Gasteiger partial charge < -0.3 is 10.2 Å². The quantitative estimate of drug-likeness (QED) is 0.822. The van der Waals surface area contributed by atoms with Crippen molar-refractivity contribution >= 4 is 46.7 Å². The number of alkyl halides is 3. The highest BCUT2D eigenvalue weighted by molar-refractivity contribution is 6.67. The van der Waals surface area contributed by atoms with Gasteiger partial charge in [-0.3, -0.25) is 0 Å². The van der Waals surface area contributed by atoms with Crippen LogP contribution >= 0.6 is 34.8 Å². The molecular weight excluding hydrogens is 290 g/mol. The molecule has 1 rings (SSSR count). The van der Waals surface area contributed by atoms with Gasteiger partial charge >= 0.3 is 11.9 Å². The third-order valence-electron chi connectivity index (χ3n) is 2.21. The molecule has 0 aliphatic carbocycles. The molecule has 17 heavy (non-hydrogen) atoms. The number of hydrogen-bond acceptors (Lipinski definition) is 2. The Kier molecular flexibility index (Phi) is 3.91. The van der Waals surface area contributed by atoms with Gasteiger partial charge in [0.1, 0.15) is 0 Å². The average Bonchev–Trinajstić information content (AvgIpc) is 2.14. The highest BCUT2D eigenvalue weighted by atomic mass is 35.6. The van der Waals surface area contributed by atoms with Gasteiger partial charge in [0.2, 0.25) is 3.79 Å². The molecule has 2 N–H and O–H groups in total. The van der Waals surface area contributed by atoms with Crippen LogP contribution in [0.25, 0.3) is 0 Å². The van der Waals surface area contributed by atoms with Crippen LogP contribution in [0.3, 0.4) is 0 Å². The fourth-order valence-electron chi connectivity index (χ4n) is 1.46. The number of carbonyl (C=O) groups is 2. The van der Waals surface area contributed by atoms with E-state index in [0.717, 1.165) is 0 Å². The fraction of sp³-hybridized carbons (Fsp3) is 0.200. The van der Waals surface area contributed by atoms with Crippen molar-refractivity contribution in [2.75, 3.05) is 0 Å². The Morgan fingerprint density at radius 2 is 1.65 bits per heavy atom. The van der Waals surface area contributed by atoms with Crippen molar-refractivity contribution in [3.8, 4) is 0 Å². The normalized spacial score (nSPS) is 11.3. The Bertz CT molecular complexity index is 491. The number of aromatic carboxylic acids is 2. The molecule has 92 valence electrons. The molecule has 0 amide bonds. The zero-order chi connectivity index (χ0) is 13.4. The van der Waals surface area contributed by atoms with Crippen molar-refractivity contribution in [3.63, 3.8) is 0 Å². The van der Waals surface area contributed by atoms with Crippen molar-refractivity contribution in [2.45, 2.75) is 10.7 Å². The molecule has 0 saturated heterocycles. The lowest BCUT2D eigenvalue weighted by molar-refractivity contribution is 0.0695. The Hall–Kier alpha value is -0.970. The van der Waals surface area contributed by atoms with Gasteiger partial charge in [-0.05, 0) is 18.6 Å². The van der Waals surface area contributed by atoms with E-state index in [1.165, 1.54) is 19.1 Å². The summed E-state index contributed by atoms with van der Waals surface area (Å²) < 4.78 is -1.92. The summed E-state index contributed by atoms with van der Waals surface area (Å²) in [6, 6.07) is 2.40. The number of rotatable bonds is 2. The van der Waals surface area contributed by atoms with Crippen molar-refractivity contribution in [1.82, 2.24) is 0 Å². The lowest BCUT2D eigenvalue weighted by Crippen LogP contribution is -2.15. The fourth-order valence-corrected chi connectivity index (χ4v) is 1.93. The van der Waals surface area contributed by atoms with Crippen LogP contribution in [0.1, 0.15) is 31.8 Å². The average molecular weight is 298 g/mol. The van der Waals surface area contributed by atoms with Gasteiger partial charge in [-0.2, -0.15) is 0 Å². The van der Waals surface area contributed by atoms with Crippen LogP contribution in [0.5, 0.6) is 0 Å². The lowest BCUT2D eigenvalue weighted by atomic mass is 9.97. The lowest BCUT2D eigenvalue weighted by Gasteiger charge is -2.17. The first kappa shape index (κ1) is 14.1. The molecule has 0 saturated carbocycles. The van der Waals surface area contributed by atoms with E-state index < -0.39 is 15.7 Å². The summed E-state index contributed by atoms with van der Waals surface area (Å²) in [5.74, 6) is -2.58. The van der Waals surface area contributed by atoms with Crippen LogP contribution in [-0.4, -0.2) is 22.2 Å². The summed E-state index contributed by atoms with van der Waals surface area (Å²) in [4.78, 5) is 22.0. The summed E-state index contributed by atoms with van der Waals surface area (Å²) in [6.07, 6.45) is 0. The first-order valence-corrected chi connectivity index (χ1v) is 5.47. The summed E-state index contributed by atoms with van der Waals surface area (Å²) in [6.45, 7) is 1.35. The van der Waals surface area contributed by atoms with Crippen molar-refractivity contribution in [3.05, 3.63) is 34.4 Å². The van der Waals surface area contributed by atoms with E-state index in [1.807, 2.05) is 0 Å². The van der Waals surface area contributed by atoms with Crippen LogP contribution in [-0.2, 0) is 3.79 Å². The first-order valence-electron chi connectivity index (χ1n) is 4.33. The minimum atomic E-state index is -1.92. The number of carboxylic acid groups (broad SMARTS) is 2. The van der Waals surface area contributed by atoms with Gasteiger partial charge in [0.15, 0.2) is 0 Å². The highest BCUT2D eigenvalue weighted by Crippen LogP contribution is 2.41. The molecule has 0 atom stereocenters. The maximum Gasteiger partial charge on any atom is 0.336 e. The minimum absolute atomic E-state index is 0.0498. The van der Waals surface area contributed by atoms with E-state index >= 15 is 0 Å². The number of benzene rings is 1. The summed E-state index contributed by atoms with van der Waals surface area (Å²) in [5, 5.41) is 17.9. The second kappa shape index (κ2) is 4.72. The topological polar surface area (TPSA) is 74.6 Å². The first-order chi connectivity index (χ1) is 7.66. The molecule has 0 spiro atoms.